The summed E-state index contributed by atoms with van der Waals surface area (Å²) >= 11 is 0. The van der Waals surface area contributed by atoms with E-state index >= 15 is 0 Å². The average Bonchev–Trinajstić information content (AvgIpc) is 2.27. The van der Waals surface area contributed by atoms with Gasteiger partial charge in [0.25, 0.3) is 5.91 Å². The maximum Gasteiger partial charge on any atom is 0.425 e. The first-order valence-corrected chi connectivity index (χ1v) is 5.47. The van der Waals surface area contributed by atoms with Gasteiger partial charge in [0.05, 0.1) is 5.56 Å². The van der Waals surface area contributed by atoms with E-state index in [0.29, 0.717) is 0 Å². The van der Waals surface area contributed by atoms with Gasteiger partial charge in [-0.15, -0.1) is 0 Å². The lowest BCUT2D eigenvalue weighted by Crippen LogP contribution is -2.32. The molecular formula is C12H15F3N2O2. The normalized spacial score (nSPS) is 12.9. The van der Waals surface area contributed by atoms with Gasteiger partial charge in [0, 0.05) is 25.8 Å². The van der Waals surface area contributed by atoms with Gasteiger partial charge in [-0.05, 0) is 19.1 Å². The summed E-state index contributed by atoms with van der Waals surface area (Å²) in [5.74, 6) is -0.632. The van der Waals surface area contributed by atoms with Gasteiger partial charge in [0.1, 0.15) is 5.75 Å². The molecule has 1 rings (SSSR count). The Labute approximate surface area is 108 Å². The van der Waals surface area contributed by atoms with Crippen molar-refractivity contribution in [3.63, 3.8) is 0 Å². The number of alkyl halides is 3. The number of anilines is 1. The van der Waals surface area contributed by atoms with E-state index in [9.17, 15) is 18.0 Å². The molecule has 1 aromatic carbocycles. The molecule has 4 nitrogen and oxygen atoms in total. The number of hydrogen-bond acceptors (Lipinski definition) is 3. The first-order valence-electron chi connectivity index (χ1n) is 5.47. The van der Waals surface area contributed by atoms with Crippen molar-refractivity contribution < 1.29 is 22.7 Å². The second-order valence-electron chi connectivity index (χ2n) is 4.26. The molecule has 19 heavy (non-hydrogen) atoms. The lowest BCUT2D eigenvalue weighted by Gasteiger charge is -2.20. The van der Waals surface area contributed by atoms with Crippen molar-refractivity contribution in [1.82, 2.24) is 4.90 Å². The number of hydrogen-bond donors (Lipinski definition) is 1. The van der Waals surface area contributed by atoms with Crippen molar-refractivity contribution in [1.29, 1.82) is 0 Å². The fourth-order valence-corrected chi connectivity index (χ4v) is 1.31. The summed E-state index contributed by atoms with van der Waals surface area (Å²) in [7, 11) is 2.99. The Kier molecular flexibility index (Phi) is 4.28. The van der Waals surface area contributed by atoms with E-state index in [1.807, 2.05) is 0 Å². The van der Waals surface area contributed by atoms with Gasteiger partial charge in [-0.25, -0.2) is 0 Å². The molecule has 0 bridgehead atoms. The highest BCUT2D eigenvalue weighted by atomic mass is 19.4. The minimum atomic E-state index is -4.51. The number of nitrogen functional groups attached to an aromatic ring is 1. The van der Waals surface area contributed by atoms with E-state index < -0.39 is 18.2 Å². The van der Waals surface area contributed by atoms with E-state index in [1.165, 1.54) is 37.2 Å². The van der Waals surface area contributed by atoms with Crippen molar-refractivity contribution in [2.45, 2.75) is 19.2 Å². The van der Waals surface area contributed by atoms with Crippen LogP contribution in [0.4, 0.5) is 18.9 Å². The Morgan fingerprint density at radius 1 is 1.37 bits per heavy atom. The van der Waals surface area contributed by atoms with Gasteiger partial charge in [0.2, 0.25) is 0 Å². The van der Waals surface area contributed by atoms with Crippen LogP contribution < -0.4 is 10.5 Å². The van der Waals surface area contributed by atoms with Crippen LogP contribution in [0.25, 0.3) is 0 Å². The third kappa shape index (κ3) is 3.77. The predicted molar refractivity (Wildman–Crippen MR) is 65.0 cm³/mol. The Balaban J connectivity index is 3.11. The third-order valence-electron chi connectivity index (χ3n) is 2.41. The second kappa shape index (κ2) is 5.38. The summed E-state index contributed by atoms with van der Waals surface area (Å²) in [5.41, 5.74) is 5.76. The van der Waals surface area contributed by atoms with Crippen LogP contribution in [0.15, 0.2) is 18.2 Å². The Morgan fingerprint density at radius 3 is 2.42 bits per heavy atom. The molecule has 0 fully saturated rings. The molecule has 0 heterocycles. The summed E-state index contributed by atoms with van der Waals surface area (Å²) in [6, 6.07) is 3.98. The van der Waals surface area contributed by atoms with Crippen molar-refractivity contribution in [3.8, 4) is 5.75 Å². The third-order valence-corrected chi connectivity index (χ3v) is 2.41. The maximum atomic E-state index is 12.5. The topological polar surface area (TPSA) is 55.6 Å². The van der Waals surface area contributed by atoms with Crippen LogP contribution in [-0.4, -0.2) is 37.2 Å². The summed E-state index contributed by atoms with van der Waals surface area (Å²) in [5, 5.41) is 0. The summed E-state index contributed by atoms with van der Waals surface area (Å²) < 4.78 is 42.2. The number of carbonyl (C=O) groups excluding carboxylic acids is 1. The molecular weight excluding hydrogens is 261 g/mol. The molecule has 0 aliphatic heterocycles. The lowest BCUT2D eigenvalue weighted by atomic mass is 10.1. The highest BCUT2D eigenvalue weighted by Crippen LogP contribution is 2.29. The number of halogens is 3. The van der Waals surface area contributed by atoms with Crippen molar-refractivity contribution >= 4 is 11.6 Å². The summed E-state index contributed by atoms with van der Waals surface area (Å²) in [4.78, 5) is 13.1. The van der Waals surface area contributed by atoms with Gasteiger partial charge < -0.3 is 15.4 Å². The van der Waals surface area contributed by atoms with E-state index in [1.54, 1.807) is 0 Å². The van der Waals surface area contributed by atoms with Crippen LogP contribution in [0, 0.1) is 0 Å². The first-order chi connectivity index (χ1) is 8.62. The number of benzene rings is 1. The second-order valence-corrected chi connectivity index (χ2v) is 4.26. The van der Waals surface area contributed by atoms with Crippen LogP contribution in [0.5, 0.6) is 5.75 Å². The molecule has 1 atom stereocenters. The molecule has 1 amide bonds. The van der Waals surface area contributed by atoms with E-state index in [-0.39, 0.29) is 17.0 Å². The molecule has 2 N–H and O–H groups in total. The number of rotatable bonds is 3. The van der Waals surface area contributed by atoms with Crippen LogP contribution in [0.1, 0.15) is 17.3 Å². The zero-order chi connectivity index (χ0) is 14.8. The lowest BCUT2D eigenvalue weighted by molar-refractivity contribution is -0.189. The van der Waals surface area contributed by atoms with Crippen molar-refractivity contribution in [2.24, 2.45) is 0 Å². The Morgan fingerprint density at radius 2 is 1.95 bits per heavy atom. The van der Waals surface area contributed by atoms with Crippen LogP contribution in [0.2, 0.25) is 0 Å². The number of nitrogens with two attached hydrogens (primary N) is 1. The highest BCUT2D eigenvalue weighted by molar-refractivity contribution is 5.97. The molecule has 0 spiro atoms. The van der Waals surface area contributed by atoms with Crippen LogP contribution in [0.3, 0.4) is 0 Å². The van der Waals surface area contributed by atoms with Crippen molar-refractivity contribution in [3.05, 3.63) is 23.8 Å². The molecule has 0 radical (unpaired) electrons. The number of nitrogens with zero attached hydrogens (tertiary/aromatic N) is 1. The Hall–Kier alpha value is -1.92. The van der Waals surface area contributed by atoms with Crippen LogP contribution in [-0.2, 0) is 0 Å². The largest absolute Gasteiger partial charge is 0.480 e. The first kappa shape index (κ1) is 15.1. The maximum absolute atomic E-state index is 12.5. The van der Waals surface area contributed by atoms with E-state index in [2.05, 4.69) is 0 Å². The van der Waals surface area contributed by atoms with Crippen LogP contribution >= 0.6 is 0 Å². The number of carbonyl (C=O) groups is 1. The van der Waals surface area contributed by atoms with Gasteiger partial charge >= 0.3 is 6.18 Å². The number of amides is 1. The molecule has 106 valence electrons. The highest BCUT2D eigenvalue weighted by Gasteiger charge is 2.38. The van der Waals surface area contributed by atoms with E-state index in [0.717, 1.165) is 6.92 Å². The molecule has 0 aromatic heterocycles. The smallest absolute Gasteiger partial charge is 0.425 e. The molecule has 0 aliphatic carbocycles. The van der Waals surface area contributed by atoms with Gasteiger partial charge in [-0.1, -0.05) is 0 Å². The minimum Gasteiger partial charge on any atom is -0.480 e. The fraction of sp³-hybridized carbons (Fsp3) is 0.417. The molecule has 1 unspecified atom stereocenters. The summed E-state index contributed by atoms with van der Waals surface area (Å²) in [6.07, 6.45) is -6.54. The zero-order valence-electron chi connectivity index (χ0n) is 10.8. The minimum absolute atomic E-state index is 0.0373. The van der Waals surface area contributed by atoms with E-state index in [4.69, 9.17) is 10.5 Å². The molecule has 0 saturated carbocycles. The fourth-order valence-electron chi connectivity index (χ4n) is 1.31. The standard InChI is InChI=1S/C12H15F3N2O2/c1-7(12(13,14)15)19-10-6-8(16)4-5-9(10)11(18)17(2)3/h4-7H,16H2,1-3H3. The van der Waals surface area contributed by atoms with Gasteiger partial charge in [-0.3, -0.25) is 4.79 Å². The monoisotopic (exact) mass is 276 g/mol. The van der Waals surface area contributed by atoms with Gasteiger partial charge in [-0.2, -0.15) is 13.2 Å². The summed E-state index contributed by atoms with van der Waals surface area (Å²) in [6.45, 7) is 0.868. The zero-order valence-corrected chi connectivity index (χ0v) is 10.8. The number of ether oxygens (including phenoxy) is 1. The average molecular weight is 276 g/mol. The predicted octanol–water partition coefficient (Wildman–Crippen LogP) is 2.30. The quantitative estimate of drug-likeness (QED) is 0.862. The van der Waals surface area contributed by atoms with Crippen molar-refractivity contribution in [2.75, 3.05) is 19.8 Å². The van der Waals surface area contributed by atoms with Gasteiger partial charge in [0.15, 0.2) is 6.10 Å². The molecule has 0 saturated heterocycles. The Bertz CT molecular complexity index is 473. The molecule has 7 heteroatoms. The SMILES string of the molecule is CC(Oc1cc(N)ccc1C(=O)N(C)C)C(F)(F)F. The molecule has 1 aromatic rings. The molecule has 0 aliphatic rings.